The second-order valence-corrected chi connectivity index (χ2v) is 9.06. The number of nitrogens with one attached hydrogen (secondary N) is 1. The molecule has 1 aliphatic rings. The van der Waals surface area contributed by atoms with Gasteiger partial charge < -0.3 is 15.0 Å². The lowest BCUT2D eigenvalue weighted by atomic mass is 10.1. The summed E-state index contributed by atoms with van der Waals surface area (Å²) in [5, 5.41) is 6.38. The molecule has 1 atom stereocenters. The predicted octanol–water partition coefficient (Wildman–Crippen LogP) is 2.19. The SMILES string of the molecule is O=CN[C@@H](C(=O)N1Cc2cn(S(=O)(=O)c3ccc(OC(F)F)cc3)nc2C1)c1ccccc1F. The Morgan fingerprint density at radius 2 is 1.82 bits per heavy atom. The molecule has 2 heterocycles. The zero-order valence-electron chi connectivity index (χ0n) is 17.3. The molecule has 0 spiro atoms. The zero-order chi connectivity index (χ0) is 24.5. The molecule has 1 aromatic heterocycles. The first kappa shape index (κ1) is 23.3. The summed E-state index contributed by atoms with van der Waals surface area (Å²) in [7, 11) is -4.12. The lowest BCUT2D eigenvalue weighted by Gasteiger charge is -2.23. The number of benzene rings is 2. The summed E-state index contributed by atoms with van der Waals surface area (Å²) in [6.45, 7) is -3.10. The van der Waals surface area contributed by atoms with E-state index in [0.717, 1.165) is 28.4 Å². The molecule has 0 saturated carbocycles. The molecule has 2 aromatic carbocycles. The first-order valence-corrected chi connectivity index (χ1v) is 11.3. The van der Waals surface area contributed by atoms with Gasteiger partial charge in [-0.25, -0.2) is 4.39 Å². The zero-order valence-corrected chi connectivity index (χ0v) is 18.1. The molecule has 9 nitrogen and oxygen atoms in total. The Morgan fingerprint density at radius 1 is 1.12 bits per heavy atom. The van der Waals surface area contributed by atoms with Crippen molar-refractivity contribution in [3.63, 3.8) is 0 Å². The highest BCUT2D eigenvalue weighted by Crippen LogP contribution is 2.28. The van der Waals surface area contributed by atoms with E-state index in [1.807, 2.05) is 0 Å². The Bertz CT molecular complexity index is 1300. The number of nitrogens with zero attached hydrogens (tertiary/aromatic N) is 3. The summed E-state index contributed by atoms with van der Waals surface area (Å²) in [5.41, 5.74) is 0.761. The highest BCUT2D eigenvalue weighted by atomic mass is 32.2. The number of carbonyl (C=O) groups is 2. The van der Waals surface area contributed by atoms with Gasteiger partial charge in [-0.05, 0) is 30.3 Å². The number of aromatic nitrogens is 2. The first-order chi connectivity index (χ1) is 16.2. The molecule has 13 heteroatoms. The topological polar surface area (TPSA) is 111 Å². The average Bonchev–Trinajstić information content (AvgIpc) is 3.38. The van der Waals surface area contributed by atoms with E-state index in [1.165, 1.54) is 35.4 Å². The molecular formula is C21H17F3N4O5S. The van der Waals surface area contributed by atoms with Crippen LogP contribution in [-0.4, -0.2) is 41.4 Å². The standard InChI is InChI=1S/C21H17F3N4O5S/c22-17-4-2-1-3-16(17)19(25-12-29)20(30)27-9-13-10-28(26-18(13)11-27)34(31,32)15-7-5-14(6-8-15)33-21(23)24/h1-8,10,12,19,21H,9,11H2,(H,25,29)/t19-/m1/s1. The third kappa shape index (κ3) is 4.46. The number of fused-ring (bicyclic) bond motifs is 1. The van der Waals surface area contributed by atoms with Crippen LogP contribution in [0.2, 0.25) is 0 Å². The summed E-state index contributed by atoms with van der Waals surface area (Å²) in [6, 6.07) is 8.70. The highest BCUT2D eigenvalue weighted by Gasteiger charge is 2.34. The molecule has 0 saturated heterocycles. The molecule has 3 aromatic rings. The highest BCUT2D eigenvalue weighted by molar-refractivity contribution is 7.89. The van der Waals surface area contributed by atoms with Crippen LogP contribution in [0.25, 0.3) is 0 Å². The van der Waals surface area contributed by atoms with E-state index in [-0.39, 0.29) is 29.3 Å². The molecule has 0 fully saturated rings. The largest absolute Gasteiger partial charge is 0.435 e. The van der Waals surface area contributed by atoms with Crippen molar-refractivity contribution in [3.8, 4) is 5.75 Å². The van der Waals surface area contributed by atoms with E-state index >= 15 is 0 Å². The molecule has 0 radical (unpaired) electrons. The summed E-state index contributed by atoms with van der Waals surface area (Å²) < 4.78 is 69.4. The van der Waals surface area contributed by atoms with E-state index in [2.05, 4.69) is 15.2 Å². The molecule has 1 N–H and O–H groups in total. The number of halogens is 3. The Balaban J connectivity index is 1.52. The van der Waals surface area contributed by atoms with Crippen LogP contribution < -0.4 is 10.1 Å². The number of hydrogen-bond donors (Lipinski definition) is 1. The minimum atomic E-state index is -4.12. The Labute approximate surface area is 191 Å². The Morgan fingerprint density at radius 3 is 2.44 bits per heavy atom. The second-order valence-electron chi connectivity index (χ2n) is 7.26. The number of carbonyl (C=O) groups excluding carboxylic acids is 2. The molecule has 178 valence electrons. The maximum absolute atomic E-state index is 14.2. The third-order valence-corrected chi connectivity index (χ3v) is 6.71. The molecule has 0 aliphatic carbocycles. The van der Waals surface area contributed by atoms with Crippen LogP contribution in [0.4, 0.5) is 13.2 Å². The van der Waals surface area contributed by atoms with E-state index in [1.54, 1.807) is 0 Å². The molecular weight excluding hydrogens is 477 g/mol. The van der Waals surface area contributed by atoms with Crippen LogP contribution in [0.3, 0.4) is 0 Å². The fourth-order valence-corrected chi connectivity index (χ4v) is 4.73. The summed E-state index contributed by atoms with van der Waals surface area (Å²) in [6.07, 6.45) is 1.54. The fraction of sp³-hybridized carbons (Fsp3) is 0.190. The van der Waals surface area contributed by atoms with Crippen LogP contribution >= 0.6 is 0 Å². The molecule has 4 rings (SSSR count). The van der Waals surface area contributed by atoms with Crippen LogP contribution in [0.1, 0.15) is 22.9 Å². The molecule has 34 heavy (non-hydrogen) atoms. The van der Waals surface area contributed by atoms with Gasteiger partial charge in [-0.1, -0.05) is 18.2 Å². The van der Waals surface area contributed by atoms with Gasteiger partial charge in [0.2, 0.25) is 6.41 Å². The molecule has 2 amide bonds. The first-order valence-electron chi connectivity index (χ1n) is 9.81. The van der Waals surface area contributed by atoms with Crippen molar-refractivity contribution >= 4 is 22.3 Å². The molecule has 1 aliphatic heterocycles. The van der Waals surface area contributed by atoms with Crippen molar-refractivity contribution in [2.45, 2.75) is 30.6 Å². The van der Waals surface area contributed by atoms with Crippen molar-refractivity contribution in [1.82, 2.24) is 19.4 Å². The van der Waals surface area contributed by atoms with E-state index in [0.29, 0.717) is 17.7 Å². The quantitative estimate of drug-likeness (QED) is 0.481. The number of hydrogen-bond acceptors (Lipinski definition) is 6. The van der Waals surface area contributed by atoms with Gasteiger partial charge in [0.25, 0.3) is 15.9 Å². The summed E-state index contributed by atoms with van der Waals surface area (Å²) in [4.78, 5) is 25.1. The van der Waals surface area contributed by atoms with Crippen molar-refractivity contribution in [2.75, 3.05) is 0 Å². The second kappa shape index (κ2) is 9.17. The van der Waals surface area contributed by atoms with Gasteiger partial charge in [0.05, 0.1) is 17.1 Å². The van der Waals surface area contributed by atoms with Crippen LogP contribution in [0.5, 0.6) is 5.75 Å². The average molecular weight is 494 g/mol. The van der Waals surface area contributed by atoms with E-state index in [4.69, 9.17) is 0 Å². The van der Waals surface area contributed by atoms with Gasteiger partial charge in [0, 0.05) is 23.9 Å². The maximum atomic E-state index is 14.2. The van der Waals surface area contributed by atoms with Gasteiger partial charge in [-0.3, -0.25) is 9.59 Å². The van der Waals surface area contributed by atoms with Gasteiger partial charge in [0.15, 0.2) is 0 Å². The molecule has 0 bridgehead atoms. The van der Waals surface area contributed by atoms with Crippen LogP contribution in [0, 0.1) is 5.82 Å². The molecule has 0 unspecified atom stereocenters. The Kier molecular flexibility index (Phi) is 6.28. The fourth-order valence-electron chi connectivity index (χ4n) is 3.56. The van der Waals surface area contributed by atoms with Gasteiger partial charge in [0.1, 0.15) is 17.6 Å². The van der Waals surface area contributed by atoms with Crippen molar-refractivity contribution < 1.29 is 35.9 Å². The van der Waals surface area contributed by atoms with Crippen molar-refractivity contribution in [1.29, 1.82) is 0 Å². The number of ether oxygens (including phenoxy) is 1. The van der Waals surface area contributed by atoms with E-state index < -0.39 is 34.4 Å². The van der Waals surface area contributed by atoms with Crippen LogP contribution in [0.15, 0.2) is 59.6 Å². The van der Waals surface area contributed by atoms with Crippen molar-refractivity contribution in [2.24, 2.45) is 0 Å². The monoisotopic (exact) mass is 494 g/mol. The Hall–Kier alpha value is -3.87. The predicted molar refractivity (Wildman–Crippen MR) is 110 cm³/mol. The smallest absolute Gasteiger partial charge is 0.387 e. The summed E-state index contributed by atoms with van der Waals surface area (Å²) in [5.74, 6) is -1.44. The number of alkyl halides is 2. The number of amides is 2. The van der Waals surface area contributed by atoms with Gasteiger partial charge in [-0.15, -0.1) is 0 Å². The van der Waals surface area contributed by atoms with Gasteiger partial charge in [-0.2, -0.15) is 26.4 Å². The third-order valence-electron chi connectivity index (χ3n) is 5.16. The van der Waals surface area contributed by atoms with Gasteiger partial charge >= 0.3 is 6.61 Å². The van der Waals surface area contributed by atoms with Crippen molar-refractivity contribution in [3.05, 3.63) is 77.4 Å². The lowest BCUT2D eigenvalue weighted by Crippen LogP contribution is -2.38. The lowest BCUT2D eigenvalue weighted by molar-refractivity contribution is -0.135. The minimum absolute atomic E-state index is 0.00363. The summed E-state index contributed by atoms with van der Waals surface area (Å²) >= 11 is 0. The van der Waals surface area contributed by atoms with Crippen LogP contribution in [-0.2, 0) is 32.7 Å². The van der Waals surface area contributed by atoms with E-state index in [9.17, 15) is 31.2 Å². The minimum Gasteiger partial charge on any atom is -0.435 e. The maximum Gasteiger partial charge on any atom is 0.387 e. The number of rotatable bonds is 8. The normalized spacial score (nSPS) is 14.1.